The highest BCUT2D eigenvalue weighted by Gasteiger charge is 2.14. The van der Waals surface area contributed by atoms with E-state index in [1.165, 1.54) is 11.3 Å². The monoisotopic (exact) mass is 324 g/mol. The summed E-state index contributed by atoms with van der Waals surface area (Å²) in [6.07, 6.45) is 2.01. The van der Waals surface area contributed by atoms with Crippen molar-refractivity contribution in [2.75, 3.05) is 19.0 Å². The van der Waals surface area contributed by atoms with E-state index in [9.17, 15) is 0 Å². The van der Waals surface area contributed by atoms with Gasteiger partial charge in [0.15, 0.2) is 5.50 Å². The lowest BCUT2D eigenvalue weighted by Crippen LogP contribution is -2.16. The molecule has 0 N–H and O–H groups in total. The normalized spacial score (nSPS) is 17.1. The molecule has 0 bridgehead atoms. The molecule has 23 heavy (non-hydrogen) atoms. The molecule has 0 saturated heterocycles. The summed E-state index contributed by atoms with van der Waals surface area (Å²) in [5, 5.41) is 10.7. The van der Waals surface area contributed by atoms with Gasteiger partial charge < -0.3 is 9.80 Å². The van der Waals surface area contributed by atoms with Gasteiger partial charge in [-0.15, -0.1) is 0 Å². The molecule has 0 saturated carbocycles. The van der Waals surface area contributed by atoms with Gasteiger partial charge in [-0.2, -0.15) is 10.2 Å². The number of azo groups is 1. The summed E-state index contributed by atoms with van der Waals surface area (Å²) in [4.78, 5) is 4.26. The Morgan fingerprint density at radius 3 is 2.48 bits per heavy atom. The Kier molecular flexibility index (Phi) is 4.98. The number of rotatable bonds is 5. The number of benzene rings is 2. The maximum Gasteiger partial charge on any atom is 0.193 e. The van der Waals surface area contributed by atoms with Crippen LogP contribution in [0.5, 0.6) is 0 Å². The smallest absolute Gasteiger partial charge is 0.193 e. The van der Waals surface area contributed by atoms with Gasteiger partial charge in [-0.3, -0.25) is 0 Å². The van der Waals surface area contributed by atoms with Crippen molar-refractivity contribution in [3.05, 3.63) is 71.8 Å². The summed E-state index contributed by atoms with van der Waals surface area (Å²) >= 11 is 1.66. The molecule has 0 spiro atoms. The van der Waals surface area contributed by atoms with Crippen molar-refractivity contribution in [1.29, 1.82) is 0 Å². The van der Waals surface area contributed by atoms with Crippen LogP contribution in [0.3, 0.4) is 0 Å². The van der Waals surface area contributed by atoms with E-state index in [2.05, 4.69) is 58.6 Å². The summed E-state index contributed by atoms with van der Waals surface area (Å²) in [6.45, 7) is 0.886. The number of thioether (sulfide) groups is 1. The van der Waals surface area contributed by atoms with E-state index in [4.69, 9.17) is 0 Å². The SMILES string of the molecule is CN(Cc1ccccc1)c1ccc(N=NC2SC=CN2C)cc1. The molecular formula is C18H20N4S. The van der Waals surface area contributed by atoms with Crippen LogP contribution in [0.1, 0.15) is 5.56 Å². The number of hydrogen-bond acceptors (Lipinski definition) is 5. The van der Waals surface area contributed by atoms with Gasteiger partial charge in [0, 0.05) is 32.5 Å². The molecule has 1 aliphatic heterocycles. The Labute approximate surface area is 141 Å². The average Bonchev–Trinajstić information content (AvgIpc) is 2.99. The highest BCUT2D eigenvalue weighted by atomic mass is 32.2. The predicted molar refractivity (Wildman–Crippen MR) is 97.8 cm³/mol. The molecule has 0 aromatic heterocycles. The lowest BCUT2D eigenvalue weighted by molar-refractivity contribution is 0.437. The molecule has 3 rings (SSSR count). The average molecular weight is 324 g/mol. The molecule has 0 aliphatic carbocycles. The summed E-state index contributed by atoms with van der Waals surface area (Å²) in [5.74, 6) is 0. The standard InChI is InChI=1S/C18H20N4S/c1-21-12-13-23-18(21)20-19-16-8-10-17(11-9-16)22(2)14-15-6-4-3-5-7-15/h3-13,18H,14H2,1-2H3. The molecule has 5 heteroatoms. The predicted octanol–water partition coefficient (Wildman–Crippen LogP) is 4.84. The first kappa shape index (κ1) is 15.6. The Morgan fingerprint density at radius 1 is 1.09 bits per heavy atom. The van der Waals surface area contributed by atoms with Crippen molar-refractivity contribution in [3.8, 4) is 0 Å². The minimum Gasteiger partial charge on any atom is -0.370 e. The second kappa shape index (κ2) is 7.33. The molecule has 0 fully saturated rings. The first-order valence-corrected chi connectivity index (χ1v) is 8.47. The highest BCUT2D eigenvalue weighted by Crippen LogP contribution is 2.27. The molecule has 1 unspecified atom stereocenters. The van der Waals surface area contributed by atoms with E-state index in [-0.39, 0.29) is 5.50 Å². The molecule has 1 heterocycles. The van der Waals surface area contributed by atoms with Crippen molar-refractivity contribution in [3.63, 3.8) is 0 Å². The zero-order valence-corrected chi connectivity index (χ0v) is 14.1. The van der Waals surface area contributed by atoms with Crippen LogP contribution in [0.25, 0.3) is 0 Å². The zero-order valence-electron chi connectivity index (χ0n) is 13.3. The summed E-state index contributed by atoms with van der Waals surface area (Å²) in [6, 6.07) is 18.6. The van der Waals surface area contributed by atoms with E-state index in [1.807, 2.05) is 41.8 Å². The molecule has 1 aliphatic rings. The molecule has 2 aromatic carbocycles. The van der Waals surface area contributed by atoms with Crippen LogP contribution < -0.4 is 4.90 Å². The number of nitrogens with zero attached hydrogens (tertiary/aromatic N) is 4. The van der Waals surface area contributed by atoms with Gasteiger partial charge in [-0.1, -0.05) is 42.1 Å². The Morgan fingerprint density at radius 2 is 1.83 bits per heavy atom. The van der Waals surface area contributed by atoms with Gasteiger partial charge >= 0.3 is 0 Å². The van der Waals surface area contributed by atoms with Crippen molar-refractivity contribution in [2.45, 2.75) is 12.0 Å². The van der Waals surface area contributed by atoms with E-state index in [1.54, 1.807) is 11.8 Å². The molecule has 1 atom stereocenters. The lowest BCUT2D eigenvalue weighted by atomic mass is 10.2. The lowest BCUT2D eigenvalue weighted by Gasteiger charge is -2.19. The first-order valence-electron chi connectivity index (χ1n) is 7.52. The highest BCUT2D eigenvalue weighted by molar-refractivity contribution is 8.02. The van der Waals surface area contributed by atoms with Gasteiger partial charge in [-0.25, -0.2) is 0 Å². The van der Waals surface area contributed by atoms with Crippen LogP contribution in [-0.4, -0.2) is 24.5 Å². The van der Waals surface area contributed by atoms with Crippen LogP contribution >= 0.6 is 11.8 Å². The fourth-order valence-electron chi connectivity index (χ4n) is 2.32. The van der Waals surface area contributed by atoms with Crippen molar-refractivity contribution in [1.82, 2.24) is 4.90 Å². The fourth-order valence-corrected chi connectivity index (χ4v) is 3.08. The van der Waals surface area contributed by atoms with E-state index in [0.29, 0.717) is 0 Å². The third kappa shape index (κ3) is 4.13. The van der Waals surface area contributed by atoms with Crippen molar-refractivity contribution >= 4 is 23.1 Å². The third-order valence-electron chi connectivity index (χ3n) is 3.67. The van der Waals surface area contributed by atoms with Gasteiger partial charge in [0.2, 0.25) is 0 Å². The topological polar surface area (TPSA) is 31.2 Å². The Hall–Kier alpha value is -2.27. The Bertz CT molecular complexity index is 682. The summed E-state index contributed by atoms with van der Waals surface area (Å²) in [7, 11) is 4.10. The maximum atomic E-state index is 4.35. The largest absolute Gasteiger partial charge is 0.370 e. The molecule has 0 amide bonds. The van der Waals surface area contributed by atoms with Gasteiger partial charge in [-0.05, 0) is 35.2 Å². The fraction of sp³-hybridized carbons (Fsp3) is 0.222. The maximum absolute atomic E-state index is 4.35. The van der Waals surface area contributed by atoms with Crippen LogP contribution in [0, 0.1) is 0 Å². The molecule has 118 valence electrons. The zero-order chi connectivity index (χ0) is 16.1. The van der Waals surface area contributed by atoms with Crippen LogP contribution in [-0.2, 0) is 6.54 Å². The molecular weight excluding hydrogens is 304 g/mol. The minimum absolute atomic E-state index is 0.0513. The molecule has 0 radical (unpaired) electrons. The van der Waals surface area contributed by atoms with Crippen LogP contribution in [0.4, 0.5) is 11.4 Å². The molecule has 2 aromatic rings. The number of hydrogen-bond donors (Lipinski definition) is 0. The van der Waals surface area contributed by atoms with Crippen molar-refractivity contribution < 1.29 is 0 Å². The Balaban J connectivity index is 1.61. The minimum atomic E-state index is 0.0513. The van der Waals surface area contributed by atoms with Crippen LogP contribution in [0.15, 0.2) is 76.4 Å². The first-order chi connectivity index (χ1) is 11.2. The van der Waals surface area contributed by atoms with Gasteiger partial charge in [0.25, 0.3) is 0 Å². The summed E-state index contributed by atoms with van der Waals surface area (Å²) in [5.41, 5.74) is 3.40. The van der Waals surface area contributed by atoms with E-state index < -0.39 is 0 Å². The second-order valence-electron chi connectivity index (χ2n) is 5.49. The molecule has 4 nitrogen and oxygen atoms in total. The van der Waals surface area contributed by atoms with Crippen LogP contribution in [0.2, 0.25) is 0 Å². The third-order valence-corrected chi connectivity index (χ3v) is 4.62. The second-order valence-corrected chi connectivity index (χ2v) is 6.45. The van der Waals surface area contributed by atoms with Gasteiger partial charge in [0.1, 0.15) is 0 Å². The van der Waals surface area contributed by atoms with Gasteiger partial charge in [0.05, 0.1) is 5.69 Å². The quantitative estimate of drug-likeness (QED) is 0.737. The van der Waals surface area contributed by atoms with Crippen molar-refractivity contribution in [2.24, 2.45) is 10.2 Å². The van der Waals surface area contributed by atoms with E-state index >= 15 is 0 Å². The summed E-state index contributed by atoms with van der Waals surface area (Å²) < 4.78 is 0. The number of anilines is 1. The van der Waals surface area contributed by atoms with E-state index in [0.717, 1.165) is 12.2 Å².